The number of hydrogen-bond donors (Lipinski definition) is 1. The summed E-state index contributed by atoms with van der Waals surface area (Å²) in [4.78, 5) is 4.08. The van der Waals surface area contributed by atoms with Crippen molar-refractivity contribution in [1.82, 2.24) is 9.29 Å². The van der Waals surface area contributed by atoms with Crippen molar-refractivity contribution in [3.8, 4) is 0 Å². The van der Waals surface area contributed by atoms with Crippen LogP contribution in [0.2, 0.25) is 0 Å². The zero-order valence-corrected chi connectivity index (χ0v) is 12.1. The van der Waals surface area contributed by atoms with Crippen molar-refractivity contribution < 1.29 is 8.42 Å². The molecule has 2 rings (SSSR count). The zero-order chi connectivity index (χ0) is 13.7. The van der Waals surface area contributed by atoms with Crippen molar-refractivity contribution in [2.24, 2.45) is 0 Å². The third-order valence-electron chi connectivity index (χ3n) is 3.29. The van der Waals surface area contributed by atoms with Crippen molar-refractivity contribution >= 4 is 15.7 Å². The summed E-state index contributed by atoms with van der Waals surface area (Å²) in [5, 5.41) is 3.22. The van der Waals surface area contributed by atoms with Gasteiger partial charge in [-0.2, -0.15) is 4.31 Å². The van der Waals surface area contributed by atoms with Crippen LogP contribution in [0.3, 0.4) is 0 Å². The third-order valence-corrected chi connectivity index (χ3v) is 5.15. The van der Waals surface area contributed by atoms with Gasteiger partial charge in [-0.15, -0.1) is 0 Å². The average Bonchev–Trinajstić information content (AvgIpc) is 2.69. The Kier molecular flexibility index (Phi) is 4.76. The molecule has 0 atom stereocenters. The van der Waals surface area contributed by atoms with Gasteiger partial charge in [0.05, 0.1) is 5.69 Å². The molecule has 19 heavy (non-hydrogen) atoms. The summed E-state index contributed by atoms with van der Waals surface area (Å²) in [5.41, 5.74) is 0.592. The number of anilines is 1. The van der Waals surface area contributed by atoms with E-state index >= 15 is 0 Å². The van der Waals surface area contributed by atoms with Gasteiger partial charge in [0, 0.05) is 25.8 Å². The van der Waals surface area contributed by atoms with E-state index in [1.807, 2.05) is 6.92 Å². The summed E-state index contributed by atoms with van der Waals surface area (Å²) < 4.78 is 26.9. The molecule has 1 aliphatic heterocycles. The van der Waals surface area contributed by atoms with E-state index in [1.54, 1.807) is 16.4 Å². The van der Waals surface area contributed by atoms with Crippen LogP contribution in [0, 0.1) is 0 Å². The van der Waals surface area contributed by atoms with Gasteiger partial charge in [-0.3, -0.25) is 0 Å². The molecule has 0 saturated carbocycles. The molecule has 0 aliphatic carbocycles. The summed E-state index contributed by atoms with van der Waals surface area (Å²) in [6.07, 6.45) is 5.61. The van der Waals surface area contributed by atoms with Crippen molar-refractivity contribution in [3.63, 3.8) is 0 Å². The van der Waals surface area contributed by atoms with E-state index < -0.39 is 10.0 Å². The lowest BCUT2D eigenvalue weighted by Gasteiger charge is -2.20. The highest BCUT2D eigenvalue weighted by Crippen LogP contribution is 2.24. The first-order valence-electron chi connectivity index (χ1n) is 6.85. The van der Waals surface area contributed by atoms with Gasteiger partial charge in [0.25, 0.3) is 10.0 Å². The predicted octanol–water partition coefficient (Wildman–Crippen LogP) is 2.08. The largest absolute Gasteiger partial charge is 0.383 e. The highest BCUT2D eigenvalue weighted by atomic mass is 32.2. The van der Waals surface area contributed by atoms with Crippen molar-refractivity contribution in [2.75, 3.05) is 25.0 Å². The van der Waals surface area contributed by atoms with Crippen LogP contribution in [-0.4, -0.2) is 37.3 Å². The fraction of sp³-hybridized carbons (Fsp3) is 0.615. The molecule has 1 aromatic heterocycles. The zero-order valence-electron chi connectivity index (χ0n) is 11.3. The van der Waals surface area contributed by atoms with E-state index in [2.05, 4.69) is 10.3 Å². The quantitative estimate of drug-likeness (QED) is 0.919. The summed E-state index contributed by atoms with van der Waals surface area (Å²) in [7, 11) is -3.48. The fourth-order valence-corrected chi connectivity index (χ4v) is 3.92. The third kappa shape index (κ3) is 3.25. The van der Waals surface area contributed by atoms with Crippen molar-refractivity contribution in [2.45, 2.75) is 37.6 Å². The van der Waals surface area contributed by atoms with Gasteiger partial charge < -0.3 is 5.32 Å². The highest BCUT2D eigenvalue weighted by Gasteiger charge is 2.28. The van der Waals surface area contributed by atoms with Gasteiger partial charge in [0.1, 0.15) is 0 Å². The Balaban J connectivity index is 2.32. The first kappa shape index (κ1) is 14.3. The van der Waals surface area contributed by atoms with Crippen LogP contribution in [0.25, 0.3) is 0 Å². The van der Waals surface area contributed by atoms with Gasteiger partial charge in [0.2, 0.25) is 0 Å². The Labute approximate surface area is 115 Å². The lowest BCUT2D eigenvalue weighted by Crippen LogP contribution is -2.33. The van der Waals surface area contributed by atoms with Gasteiger partial charge in [0.15, 0.2) is 5.03 Å². The SMILES string of the molecule is CCNc1cccnc1S(=O)(=O)N1CCCCCC1. The summed E-state index contributed by atoms with van der Waals surface area (Å²) >= 11 is 0. The number of sulfonamides is 1. The van der Waals surface area contributed by atoms with Crippen molar-refractivity contribution in [3.05, 3.63) is 18.3 Å². The van der Waals surface area contributed by atoms with Crippen LogP contribution in [0.1, 0.15) is 32.6 Å². The Bertz CT molecular complexity index is 508. The number of hydrogen-bond acceptors (Lipinski definition) is 4. The Morgan fingerprint density at radius 3 is 2.58 bits per heavy atom. The van der Waals surface area contributed by atoms with E-state index in [0.717, 1.165) is 25.7 Å². The minimum absolute atomic E-state index is 0.152. The van der Waals surface area contributed by atoms with E-state index in [9.17, 15) is 8.42 Å². The van der Waals surface area contributed by atoms with Crippen LogP contribution < -0.4 is 5.32 Å². The number of rotatable bonds is 4. The first-order chi connectivity index (χ1) is 9.16. The lowest BCUT2D eigenvalue weighted by atomic mass is 10.2. The fourth-order valence-electron chi connectivity index (χ4n) is 2.33. The van der Waals surface area contributed by atoms with E-state index in [1.165, 1.54) is 6.20 Å². The molecular weight excluding hydrogens is 262 g/mol. The standard InChI is InChI=1S/C13H21N3O2S/c1-2-14-12-8-7-9-15-13(12)19(17,18)16-10-5-3-4-6-11-16/h7-9,14H,2-6,10-11H2,1H3. The summed E-state index contributed by atoms with van der Waals surface area (Å²) in [6, 6.07) is 3.51. The van der Waals surface area contributed by atoms with E-state index in [-0.39, 0.29) is 5.03 Å². The molecule has 106 valence electrons. The van der Waals surface area contributed by atoms with Crippen LogP contribution in [-0.2, 0) is 10.0 Å². The second kappa shape index (κ2) is 6.34. The molecule has 0 unspecified atom stereocenters. The molecule has 5 nitrogen and oxygen atoms in total. The molecule has 6 heteroatoms. The molecule has 1 N–H and O–H groups in total. The van der Waals surface area contributed by atoms with Crippen LogP contribution in [0.5, 0.6) is 0 Å². The average molecular weight is 283 g/mol. The Morgan fingerprint density at radius 2 is 1.95 bits per heavy atom. The molecule has 1 saturated heterocycles. The predicted molar refractivity (Wildman–Crippen MR) is 75.6 cm³/mol. The second-order valence-corrected chi connectivity index (χ2v) is 6.56. The molecule has 2 heterocycles. The molecule has 1 aromatic rings. The molecule has 1 aliphatic rings. The molecule has 0 spiro atoms. The minimum Gasteiger partial charge on any atom is -0.383 e. The number of pyridine rings is 1. The summed E-state index contributed by atoms with van der Waals surface area (Å²) in [5.74, 6) is 0. The minimum atomic E-state index is -3.48. The molecule has 0 bridgehead atoms. The monoisotopic (exact) mass is 283 g/mol. The molecular formula is C13H21N3O2S. The van der Waals surface area contributed by atoms with Gasteiger partial charge in [-0.1, -0.05) is 12.8 Å². The van der Waals surface area contributed by atoms with Gasteiger partial charge >= 0.3 is 0 Å². The Morgan fingerprint density at radius 1 is 1.26 bits per heavy atom. The molecule has 0 radical (unpaired) electrons. The molecule has 0 amide bonds. The Hall–Kier alpha value is -1.14. The van der Waals surface area contributed by atoms with Gasteiger partial charge in [-0.05, 0) is 31.9 Å². The molecule has 0 aromatic carbocycles. The highest BCUT2D eigenvalue weighted by molar-refractivity contribution is 7.89. The number of nitrogens with zero attached hydrogens (tertiary/aromatic N) is 2. The van der Waals surface area contributed by atoms with Crippen LogP contribution >= 0.6 is 0 Å². The number of nitrogens with one attached hydrogen (secondary N) is 1. The van der Waals surface area contributed by atoms with Gasteiger partial charge in [-0.25, -0.2) is 13.4 Å². The maximum absolute atomic E-state index is 12.7. The molecule has 1 fully saturated rings. The first-order valence-corrected chi connectivity index (χ1v) is 8.29. The van der Waals surface area contributed by atoms with Crippen LogP contribution in [0.15, 0.2) is 23.4 Å². The maximum atomic E-state index is 12.7. The topological polar surface area (TPSA) is 62.3 Å². The number of aromatic nitrogens is 1. The van der Waals surface area contributed by atoms with E-state index in [4.69, 9.17) is 0 Å². The normalized spacial score (nSPS) is 17.9. The second-order valence-electron chi connectivity index (χ2n) is 4.70. The van der Waals surface area contributed by atoms with E-state index in [0.29, 0.717) is 25.3 Å². The maximum Gasteiger partial charge on any atom is 0.262 e. The smallest absolute Gasteiger partial charge is 0.262 e. The van der Waals surface area contributed by atoms with Crippen LogP contribution in [0.4, 0.5) is 5.69 Å². The van der Waals surface area contributed by atoms with Crippen molar-refractivity contribution in [1.29, 1.82) is 0 Å². The summed E-state index contributed by atoms with van der Waals surface area (Å²) in [6.45, 7) is 3.82. The lowest BCUT2D eigenvalue weighted by molar-refractivity contribution is 0.422.